The van der Waals surface area contributed by atoms with Crippen molar-refractivity contribution >= 4 is 11.6 Å². The number of rotatable bonds is 7. The van der Waals surface area contributed by atoms with Crippen molar-refractivity contribution < 1.29 is 9.53 Å². The fourth-order valence-electron chi connectivity index (χ4n) is 1.55. The molecule has 4 nitrogen and oxygen atoms in total. The van der Waals surface area contributed by atoms with E-state index in [1.54, 1.807) is 0 Å². The summed E-state index contributed by atoms with van der Waals surface area (Å²) < 4.78 is 5.24. The lowest BCUT2D eigenvalue weighted by Gasteiger charge is -2.09. The summed E-state index contributed by atoms with van der Waals surface area (Å²) in [5, 5.41) is 2.82. The van der Waals surface area contributed by atoms with Crippen LogP contribution in [-0.4, -0.2) is 25.2 Å². The zero-order chi connectivity index (χ0) is 13.4. The number of nitrogens with two attached hydrogens (primary N) is 1. The summed E-state index contributed by atoms with van der Waals surface area (Å²) in [6.45, 7) is 4.57. The summed E-state index contributed by atoms with van der Waals surface area (Å²) in [4.78, 5) is 11.6. The van der Waals surface area contributed by atoms with E-state index in [9.17, 15) is 4.79 Å². The molecule has 0 bridgehead atoms. The minimum atomic E-state index is -0.125. The second-order valence-electron chi connectivity index (χ2n) is 4.50. The zero-order valence-electron chi connectivity index (χ0n) is 11.1. The number of amides is 1. The van der Waals surface area contributed by atoms with Gasteiger partial charge in [-0.1, -0.05) is 12.1 Å². The van der Waals surface area contributed by atoms with E-state index in [2.05, 4.69) is 5.32 Å². The summed E-state index contributed by atoms with van der Waals surface area (Å²) in [6, 6.07) is 7.82. The van der Waals surface area contributed by atoms with E-state index in [-0.39, 0.29) is 18.6 Å². The van der Waals surface area contributed by atoms with Gasteiger partial charge in [0.25, 0.3) is 0 Å². The Bertz CT molecular complexity index is 378. The van der Waals surface area contributed by atoms with Crippen molar-refractivity contribution in [2.24, 2.45) is 5.73 Å². The van der Waals surface area contributed by atoms with E-state index >= 15 is 0 Å². The Morgan fingerprint density at radius 1 is 1.44 bits per heavy atom. The van der Waals surface area contributed by atoms with E-state index in [1.807, 2.05) is 38.1 Å². The van der Waals surface area contributed by atoms with Gasteiger partial charge in [0.1, 0.15) is 6.61 Å². The van der Waals surface area contributed by atoms with E-state index in [4.69, 9.17) is 10.5 Å². The number of aryl methyl sites for hydroxylation is 1. The number of benzene rings is 1. The molecule has 0 saturated carbocycles. The Kier molecular flexibility index (Phi) is 6.39. The smallest absolute Gasteiger partial charge is 0.250 e. The molecule has 0 atom stereocenters. The second kappa shape index (κ2) is 7.84. The van der Waals surface area contributed by atoms with Gasteiger partial charge in [0.05, 0.1) is 6.10 Å². The molecule has 1 aromatic carbocycles. The van der Waals surface area contributed by atoms with Gasteiger partial charge < -0.3 is 15.8 Å². The predicted molar refractivity (Wildman–Crippen MR) is 73.5 cm³/mol. The molecule has 0 aliphatic carbocycles. The second-order valence-corrected chi connectivity index (χ2v) is 4.50. The van der Waals surface area contributed by atoms with Gasteiger partial charge in [0, 0.05) is 5.69 Å². The molecule has 1 aromatic rings. The van der Waals surface area contributed by atoms with Crippen LogP contribution in [0.2, 0.25) is 0 Å². The quantitative estimate of drug-likeness (QED) is 0.777. The lowest BCUT2D eigenvalue weighted by atomic mass is 10.1. The maximum atomic E-state index is 11.6. The molecule has 0 aromatic heterocycles. The van der Waals surface area contributed by atoms with Crippen LogP contribution in [0.1, 0.15) is 25.8 Å². The number of nitrogens with one attached hydrogen (secondary N) is 1. The predicted octanol–water partition coefficient (Wildman–Crippen LogP) is 1.94. The van der Waals surface area contributed by atoms with Crippen molar-refractivity contribution in [3.63, 3.8) is 0 Å². The van der Waals surface area contributed by atoms with Crippen molar-refractivity contribution in [1.29, 1.82) is 0 Å². The van der Waals surface area contributed by atoms with Gasteiger partial charge in [-0.25, -0.2) is 0 Å². The highest BCUT2D eigenvalue weighted by atomic mass is 16.5. The molecule has 0 radical (unpaired) electrons. The van der Waals surface area contributed by atoms with E-state index in [0.717, 1.165) is 18.5 Å². The van der Waals surface area contributed by atoms with Crippen molar-refractivity contribution in [2.75, 3.05) is 18.5 Å². The van der Waals surface area contributed by atoms with E-state index in [1.165, 1.54) is 5.56 Å². The third-order valence-corrected chi connectivity index (χ3v) is 2.43. The average Bonchev–Trinajstić information content (AvgIpc) is 2.34. The largest absolute Gasteiger partial charge is 0.369 e. The first kappa shape index (κ1) is 14.7. The van der Waals surface area contributed by atoms with Crippen LogP contribution in [0.15, 0.2) is 24.3 Å². The highest BCUT2D eigenvalue weighted by Gasteiger charge is 2.04. The SMILES string of the molecule is CC(C)OCC(=O)Nc1cccc(CCCN)c1. The van der Waals surface area contributed by atoms with Gasteiger partial charge in [0.15, 0.2) is 0 Å². The van der Waals surface area contributed by atoms with Gasteiger partial charge >= 0.3 is 0 Å². The molecule has 3 N–H and O–H groups in total. The summed E-state index contributed by atoms with van der Waals surface area (Å²) in [5.74, 6) is -0.125. The molecule has 100 valence electrons. The van der Waals surface area contributed by atoms with Crippen LogP contribution in [0.3, 0.4) is 0 Å². The monoisotopic (exact) mass is 250 g/mol. The van der Waals surface area contributed by atoms with E-state index < -0.39 is 0 Å². The fraction of sp³-hybridized carbons (Fsp3) is 0.500. The molecule has 4 heteroatoms. The molecule has 0 aliphatic rings. The molecule has 0 aliphatic heterocycles. The number of carbonyl (C=O) groups is 1. The van der Waals surface area contributed by atoms with Gasteiger partial charge in [0.2, 0.25) is 5.91 Å². The standard InChI is InChI=1S/C14H22N2O2/c1-11(2)18-10-14(17)16-13-7-3-5-12(9-13)6-4-8-15/h3,5,7,9,11H,4,6,8,10,15H2,1-2H3,(H,16,17). The molecular weight excluding hydrogens is 228 g/mol. The Morgan fingerprint density at radius 3 is 2.89 bits per heavy atom. The van der Waals surface area contributed by atoms with Gasteiger partial charge in [-0.3, -0.25) is 4.79 Å². The molecule has 1 rings (SSSR count). The Labute approximate surface area is 109 Å². The number of hydrogen-bond donors (Lipinski definition) is 2. The summed E-state index contributed by atoms with van der Waals surface area (Å²) >= 11 is 0. The first-order valence-electron chi connectivity index (χ1n) is 6.32. The minimum Gasteiger partial charge on any atom is -0.369 e. The van der Waals surface area contributed by atoms with Crippen LogP contribution >= 0.6 is 0 Å². The third-order valence-electron chi connectivity index (χ3n) is 2.43. The summed E-state index contributed by atoms with van der Waals surface area (Å²) in [5.41, 5.74) is 7.47. The normalized spacial score (nSPS) is 10.7. The van der Waals surface area contributed by atoms with Crippen LogP contribution in [0.4, 0.5) is 5.69 Å². The lowest BCUT2D eigenvalue weighted by molar-refractivity contribution is -0.121. The van der Waals surface area contributed by atoms with Crippen LogP contribution in [0.25, 0.3) is 0 Å². The van der Waals surface area contributed by atoms with E-state index in [0.29, 0.717) is 6.54 Å². The highest BCUT2D eigenvalue weighted by molar-refractivity contribution is 5.91. The molecule has 0 unspecified atom stereocenters. The maximum absolute atomic E-state index is 11.6. The topological polar surface area (TPSA) is 64.3 Å². The first-order chi connectivity index (χ1) is 8.61. The van der Waals surface area contributed by atoms with Crippen LogP contribution in [-0.2, 0) is 16.0 Å². The van der Waals surface area contributed by atoms with Gasteiger partial charge in [-0.2, -0.15) is 0 Å². The van der Waals surface area contributed by atoms with Crippen LogP contribution in [0.5, 0.6) is 0 Å². The number of carbonyl (C=O) groups excluding carboxylic acids is 1. The molecule has 0 heterocycles. The van der Waals surface area contributed by atoms with Gasteiger partial charge in [-0.05, 0) is 50.9 Å². The fourth-order valence-corrected chi connectivity index (χ4v) is 1.55. The molecule has 0 saturated heterocycles. The molecule has 0 spiro atoms. The number of anilines is 1. The molecule has 18 heavy (non-hydrogen) atoms. The Morgan fingerprint density at radius 2 is 2.22 bits per heavy atom. The summed E-state index contributed by atoms with van der Waals surface area (Å²) in [6.07, 6.45) is 1.95. The molecule has 0 fully saturated rings. The highest BCUT2D eigenvalue weighted by Crippen LogP contribution is 2.12. The number of ether oxygens (including phenoxy) is 1. The minimum absolute atomic E-state index is 0.0617. The number of hydrogen-bond acceptors (Lipinski definition) is 3. The maximum Gasteiger partial charge on any atom is 0.250 e. The van der Waals surface area contributed by atoms with Crippen molar-refractivity contribution in [2.45, 2.75) is 32.8 Å². The van der Waals surface area contributed by atoms with Crippen LogP contribution < -0.4 is 11.1 Å². The van der Waals surface area contributed by atoms with Crippen molar-refractivity contribution in [3.8, 4) is 0 Å². The summed E-state index contributed by atoms with van der Waals surface area (Å²) in [7, 11) is 0. The molecule has 1 amide bonds. The van der Waals surface area contributed by atoms with Crippen molar-refractivity contribution in [3.05, 3.63) is 29.8 Å². The first-order valence-corrected chi connectivity index (χ1v) is 6.32. The molecular formula is C14H22N2O2. The van der Waals surface area contributed by atoms with Crippen LogP contribution in [0, 0.1) is 0 Å². The zero-order valence-corrected chi connectivity index (χ0v) is 11.1. The van der Waals surface area contributed by atoms with Crippen molar-refractivity contribution in [1.82, 2.24) is 0 Å². The Hall–Kier alpha value is -1.39. The lowest BCUT2D eigenvalue weighted by Crippen LogP contribution is -2.20. The van der Waals surface area contributed by atoms with Gasteiger partial charge in [-0.15, -0.1) is 0 Å². The third kappa shape index (κ3) is 5.80. The average molecular weight is 250 g/mol. The Balaban J connectivity index is 2.48.